The Hall–Kier alpha value is -1.22. The number of rotatable bonds is 4. The number of nitrogens with zero attached hydrogens (tertiary/aromatic N) is 2. The molecule has 2 heterocycles. The molecular formula is C12H17F3N4OS. The van der Waals surface area contributed by atoms with Crippen LogP contribution in [-0.2, 0) is 11.2 Å². The van der Waals surface area contributed by atoms with Crippen LogP contribution < -0.4 is 10.6 Å². The highest BCUT2D eigenvalue weighted by molar-refractivity contribution is 7.15. The smallest absolute Gasteiger partial charge is 0.315 e. The number of nitrogens with one attached hydrogen (secondary N) is 2. The number of aromatic nitrogens is 2. The number of halogens is 3. The van der Waals surface area contributed by atoms with Crippen LogP contribution in [0.15, 0.2) is 0 Å². The average molecular weight is 322 g/mol. The Morgan fingerprint density at radius 1 is 1.48 bits per heavy atom. The van der Waals surface area contributed by atoms with Crippen molar-refractivity contribution in [2.24, 2.45) is 11.3 Å². The van der Waals surface area contributed by atoms with E-state index in [1.165, 1.54) is 0 Å². The summed E-state index contributed by atoms with van der Waals surface area (Å²) >= 11 is 1.12. The van der Waals surface area contributed by atoms with Crippen LogP contribution >= 0.6 is 11.3 Å². The third-order valence-corrected chi connectivity index (χ3v) is 4.26. The lowest BCUT2D eigenvalue weighted by molar-refractivity contribution is -0.213. The Labute approximate surface area is 124 Å². The summed E-state index contributed by atoms with van der Waals surface area (Å²) in [4.78, 5) is 12.1. The molecular weight excluding hydrogens is 305 g/mol. The lowest BCUT2D eigenvalue weighted by Gasteiger charge is -2.28. The van der Waals surface area contributed by atoms with E-state index in [0.29, 0.717) is 17.3 Å². The third-order valence-electron chi connectivity index (χ3n) is 3.40. The highest BCUT2D eigenvalue weighted by atomic mass is 32.1. The topological polar surface area (TPSA) is 66.9 Å². The van der Waals surface area contributed by atoms with Crippen LogP contribution in [0.4, 0.5) is 18.3 Å². The van der Waals surface area contributed by atoms with Crippen LogP contribution in [0.5, 0.6) is 0 Å². The first kappa shape index (κ1) is 16.2. The van der Waals surface area contributed by atoms with E-state index in [1.807, 2.05) is 13.8 Å². The van der Waals surface area contributed by atoms with Crippen LogP contribution in [0.25, 0.3) is 0 Å². The Morgan fingerprint density at radius 2 is 2.19 bits per heavy atom. The maximum Gasteiger partial charge on any atom is 0.404 e. The molecule has 0 spiro atoms. The van der Waals surface area contributed by atoms with Crippen molar-refractivity contribution in [3.05, 3.63) is 5.01 Å². The molecule has 9 heteroatoms. The van der Waals surface area contributed by atoms with Crippen LogP contribution in [0.1, 0.15) is 25.3 Å². The summed E-state index contributed by atoms with van der Waals surface area (Å²) < 4.78 is 39.6. The predicted octanol–water partition coefficient (Wildman–Crippen LogP) is 2.22. The standard InChI is InChI=1S/C12H17F3N4OS/c1-7(2)5-8-18-19-10(21-8)17-9(20)11(12(13,14)15)3-4-16-6-11/h7,16H,3-6H2,1-2H3,(H,17,19,20). The SMILES string of the molecule is CC(C)Cc1nnc(NC(=O)C2(C(F)(F)F)CCNC2)s1. The maximum absolute atomic E-state index is 13.2. The predicted molar refractivity (Wildman–Crippen MR) is 73.1 cm³/mol. The highest BCUT2D eigenvalue weighted by Gasteiger charge is 2.61. The summed E-state index contributed by atoms with van der Waals surface area (Å²) in [5, 5.41) is 13.3. The molecule has 1 amide bonds. The first-order valence-corrected chi connectivity index (χ1v) is 7.47. The molecule has 2 rings (SSSR count). The number of anilines is 1. The monoisotopic (exact) mass is 322 g/mol. The molecule has 1 saturated heterocycles. The number of amides is 1. The van der Waals surface area contributed by atoms with Gasteiger partial charge in [-0.25, -0.2) is 0 Å². The van der Waals surface area contributed by atoms with Gasteiger partial charge in [0.2, 0.25) is 11.0 Å². The van der Waals surface area contributed by atoms with Crippen molar-refractivity contribution in [1.82, 2.24) is 15.5 Å². The second kappa shape index (κ2) is 5.88. The molecule has 1 aliphatic rings. The fraction of sp³-hybridized carbons (Fsp3) is 0.750. The van der Waals surface area contributed by atoms with Crippen molar-refractivity contribution < 1.29 is 18.0 Å². The summed E-state index contributed by atoms with van der Waals surface area (Å²) in [6, 6.07) is 0. The minimum absolute atomic E-state index is 0.117. The van der Waals surface area contributed by atoms with Crippen molar-refractivity contribution in [2.45, 2.75) is 32.9 Å². The molecule has 5 nitrogen and oxygen atoms in total. The zero-order chi connectivity index (χ0) is 15.7. The van der Waals surface area contributed by atoms with Gasteiger partial charge >= 0.3 is 6.18 Å². The first-order chi connectivity index (χ1) is 9.74. The molecule has 0 saturated carbocycles. The van der Waals surface area contributed by atoms with Gasteiger partial charge in [-0.3, -0.25) is 10.1 Å². The molecule has 1 aromatic heterocycles. The van der Waals surface area contributed by atoms with E-state index in [0.717, 1.165) is 11.3 Å². The normalized spacial score (nSPS) is 22.8. The highest BCUT2D eigenvalue weighted by Crippen LogP contribution is 2.43. The minimum Gasteiger partial charge on any atom is -0.315 e. The van der Waals surface area contributed by atoms with E-state index < -0.39 is 24.0 Å². The second-order valence-electron chi connectivity index (χ2n) is 5.56. The summed E-state index contributed by atoms with van der Waals surface area (Å²) in [5.41, 5.74) is -2.38. The molecule has 1 fully saturated rings. The Morgan fingerprint density at radius 3 is 2.71 bits per heavy atom. The second-order valence-corrected chi connectivity index (χ2v) is 6.62. The Bertz CT molecular complexity index is 509. The van der Waals surface area contributed by atoms with Gasteiger partial charge in [-0.05, 0) is 18.9 Å². The van der Waals surface area contributed by atoms with Gasteiger partial charge in [-0.15, -0.1) is 10.2 Å². The fourth-order valence-electron chi connectivity index (χ4n) is 2.21. The van der Waals surface area contributed by atoms with Gasteiger partial charge in [0.25, 0.3) is 0 Å². The molecule has 0 bridgehead atoms. The fourth-order valence-corrected chi connectivity index (χ4v) is 3.16. The summed E-state index contributed by atoms with van der Waals surface area (Å²) in [5.74, 6) is -0.700. The van der Waals surface area contributed by atoms with E-state index in [9.17, 15) is 18.0 Å². The molecule has 118 valence electrons. The van der Waals surface area contributed by atoms with Gasteiger partial charge in [-0.2, -0.15) is 13.2 Å². The number of hydrogen-bond acceptors (Lipinski definition) is 5. The molecule has 1 aromatic rings. The largest absolute Gasteiger partial charge is 0.404 e. The number of carbonyl (C=O) groups is 1. The van der Waals surface area contributed by atoms with E-state index in [-0.39, 0.29) is 18.1 Å². The zero-order valence-electron chi connectivity index (χ0n) is 11.8. The molecule has 21 heavy (non-hydrogen) atoms. The van der Waals surface area contributed by atoms with Gasteiger partial charge in [0.15, 0.2) is 5.41 Å². The van der Waals surface area contributed by atoms with Crippen LogP contribution in [0.3, 0.4) is 0 Å². The van der Waals surface area contributed by atoms with Gasteiger partial charge in [0, 0.05) is 13.0 Å². The molecule has 1 aliphatic heterocycles. The third kappa shape index (κ3) is 3.34. The van der Waals surface area contributed by atoms with Crippen molar-refractivity contribution >= 4 is 22.4 Å². The van der Waals surface area contributed by atoms with Crippen molar-refractivity contribution in [1.29, 1.82) is 0 Å². The Kier molecular flexibility index (Phi) is 4.52. The van der Waals surface area contributed by atoms with Gasteiger partial charge in [0.1, 0.15) is 5.01 Å². The number of alkyl halides is 3. The molecule has 0 radical (unpaired) electrons. The summed E-state index contributed by atoms with van der Waals surface area (Å²) in [6.07, 6.45) is -4.18. The molecule has 0 aromatic carbocycles. The summed E-state index contributed by atoms with van der Waals surface area (Å²) in [6.45, 7) is 3.77. The zero-order valence-corrected chi connectivity index (χ0v) is 12.6. The average Bonchev–Trinajstić information content (AvgIpc) is 2.96. The molecule has 1 unspecified atom stereocenters. The van der Waals surface area contributed by atoms with Gasteiger partial charge in [-0.1, -0.05) is 25.2 Å². The minimum atomic E-state index is -4.59. The van der Waals surface area contributed by atoms with E-state index in [1.54, 1.807) is 0 Å². The van der Waals surface area contributed by atoms with Gasteiger partial charge < -0.3 is 5.32 Å². The lowest BCUT2D eigenvalue weighted by atomic mass is 9.85. The van der Waals surface area contributed by atoms with E-state index in [2.05, 4.69) is 20.8 Å². The molecule has 2 N–H and O–H groups in total. The quantitative estimate of drug-likeness (QED) is 0.892. The van der Waals surface area contributed by atoms with Gasteiger partial charge in [0.05, 0.1) is 0 Å². The van der Waals surface area contributed by atoms with Crippen molar-refractivity contribution in [3.63, 3.8) is 0 Å². The van der Waals surface area contributed by atoms with Crippen molar-refractivity contribution in [2.75, 3.05) is 18.4 Å². The van der Waals surface area contributed by atoms with Crippen molar-refractivity contribution in [3.8, 4) is 0 Å². The molecule has 1 atom stereocenters. The maximum atomic E-state index is 13.2. The van der Waals surface area contributed by atoms with Crippen LogP contribution in [0.2, 0.25) is 0 Å². The summed E-state index contributed by atoms with van der Waals surface area (Å²) in [7, 11) is 0. The van der Waals surface area contributed by atoms with E-state index in [4.69, 9.17) is 0 Å². The first-order valence-electron chi connectivity index (χ1n) is 6.66. The van der Waals surface area contributed by atoms with Crippen LogP contribution in [0, 0.1) is 11.3 Å². The lowest BCUT2D eigenvalue weighted by Crippen LogP contribution is -2.49. The number of hydrogen-bond donors (Lipinski definition) is 2. The Balaban J connectivity index is 2.11. The van der Waals surface area contributed by atoms with E-state index >= 15 is 0 Å². The molecule has 0 aliphatic carbocycles. The number of carbonyl (C=O) groups excluding carboxylic acids is 1. The van der Waals surface area contributed by atoms with Crippen LogP contribution in [-0.4, -0.2) is 35.4 Å².